The lowest BCUT2D eigenvalue weighted by atomic mass is 10.2. The molecule has 4 rings (SSSR count). The number of nitrogens with zero attached hydrogens (tertiary/aromatic N) is 3. The summed E-state index contributed by atoms with van der Waals surface area (Å²) in [5.74, 6) is 1.86. The van der Waals surface area contributed by atoms with E-state index in [1.165, 1.54) is 12.8 Å². The van der Waals surface area contributed by atoms with Crippen LogP contribution < -0.4 is 5.32 Å². The van der Waals surface area contributed by atoms with E-state index in [1.807, 2.05) is 41.0 Å². The fourth-order valence-electron chi connectivity index (χ4n) is 3.93. The van der Waals surface area contributed by atoms with Crippen LogP contribution in [0.15, 0.2) is 47.1 Å². The van der Waals surface area contributed by atoms with E-state index < -0.39 is 0 Å². The highest BCUT2D eigenvalue weighted by atomic mass is 16.3. The SMILES string of the molecule is CCc1nc2ccccc2n1CC(=O)NCC(c1ccco1)N1CCCC1. The van der Waals surface area contributed by atoms with Gasteiger partial charge in [0.2, 0.25) is 5.91 Å². The van der Waals surface area contributed by atoms with Crippen LogP contribution in [0.1, 0.15) is 37.4 Å². The van der Waals surface area contributed by atoms with Gasteiger partial charge in [-0.2, -0.15) is 0 Å². The molecule has 1 atom stereocenters. The van der Waals surface area contributed by atoms with E-state index in [9.17, 15) is 4.79 Å². The predicted molar refractivity (Wildman–Crippen MR) is 104 cm³/mol. The van der Waals surface area contributed by atoms with Crippen molar-refractivity contribution in [2.75, 3.05) is 19.6 Å². The third kappa shape index (κ3) is 3.76. The lowest BCUT2D eigenvalue weighted by Crippen LogP contribution is -2.38. The molecule has 6 heteroatoms. The molecule has 1 fully saturated rings. The van der Waals surface area contributed by atoms with Crippen molar-refractivity contribution in [2.24, 2.45) is 0 Å². The van der Waals surface area contributed by atoms with Crippen LogP contribution in [0.25, 0.3) is 11.0 Å². The minimum Gasteiger partial charge on any atom is -0.468 e. The highest BCUT2D eigenvalue weighted by Crippen LogP contribution is 2.25. The molecule has 1 unspecified atom stereocenters. The average molecular weight is 366 g/mol. The van der Waals surface area contributed by atoms with Crippen molar-refractivity contribution in [3.8, 4) is 0 Å². The van der Waals surface area contributed by atoms with Gasteiger partial charge in [-0.15, -0.1) is 0 Å². The first-order chi connectivity index (χ1) is 13.3. The van der Waals surface area contributed by atoms with Crippen molar-refractivity contribution < 1.29 is 9.21 Å². The summed E-state index contributed by atoms with van der Waals surface area (Å²) >= 11 is 0. The molecule has 0 spiro atoms. The van der Waals surface area contributed by atoms with Gasteiger partial charge in [-0.3, -0.25) is 9.69 Å². The summed E-state index contributed by atoms with van der Waals surface area (Å²) in [5.41, 5.74) is 1.94. The van der Waals surface area contributed by atoms with Crippen LogP contribution >= 0.6 is 0 Å². The van der Waals surface area contributed by atoms with E-state index in [0.29, 0.717) is 6.54 Å². The molecular formula is C21H26N4O2. The van der Waals surface area contributed by atoms with E-state index >= 15 is 0 Å². The largest absolute Gasteiger partial charge is 0.468 e. The number of furan rings is 1. The molecule has 3 aromatic rings. The topological polar surface area (TPSA) is 63.3 Å². The molecule has 1 N–H and O–H groups in total. The molecule has 3 heterocycles. The lowest BCUT2D eigenvalue weighted by molar-refractivity contribution is -0.121. The highest BCUT2D eigenvalue weighted by Gasteiger charge is 2.26. The molecule has 1 saturated heterocycles. The lowest BCUT2D eigenvalue weighted by Gasteiger charge is -2.26. The highest BCUT2D eigenvalue weighted by molar-refractivity contribution is 5.81. The Morgan fingerprint density at radius 1 is 1.22 bits per heavy atom. The molecule has 0 radical (unpaired) electrons. The number of nitrogens with one attached hydrogen (secondary N) is 1. The molecule has 142 valence electrons. The molecule has 2 aromatic heterocycles. The monoisotopic (exact) mass is 366 g/mol. The average Bonchev–Trinajstić information content (AvgIpc) is 3.44. The van der Waals surface area contributed by atoms with E-state index in [-0.39, 0.29) is 18.5 Å². The van der Waals surface area contributed by atoms with Crippen molar-refractivity contribution in [1.29, 1.82) is 0 Å². The number of aryl methyl sites for hydroxylation is 1. The Labute approximate surface area is 159 Å². The van der Waals surface area contributed by atoms with Gasteiger partial charge < -0.3 is 14.3 Å². The number of rotatable bonds is 7. The first-order valence-corrected chi connectivity index (χ1v) is 9.74. The Bertz CT molecular complexity index is 894. The second-order valence-electron chi connectivity index (χ2n) is 7.03. The van der Waals surface area contributed by atoms with E-state index in [4.69, 9.17) is 4.42 Å². The predicted octanol–water partition coefficient (Wildman–Crippen LogP) is 3.15. The quantitative estimate of drug-likeness (QED) is 0.698. The zero-order valence-corrected chi connectivity index (χ0v) is 15.7. The van der Waals surface area contributed by atoms with Crippen LogP contribution in [0.4, 0.5) is 0 Å². The van der Waals surface area contributed by atoms with Crippen LogP contribution in [0.2, 0.25) is 0 Å². The fraction of sp³-hybridized carbons (Fsp3) is 0.429. The first kappa shape index (κ1) is 17.8. The minimum absolute atomic E-state index is 0.00334. The first-order valence-electron chi connectivity index (χ1n) is 9.74. The van der Waals surface area contributed by atoms with Crippen molar-refractivity contribution in [3.05, 3.63) is 54.2 Å². The van der Waals surface area contributed by atoms with Crippen molar-refractivity contribution >= 4 is 16.9 Å². The van der Waals surface area contributed by atoms with Crippen LogP contribution in [-0.4, -0.2) is 40.0 Å². The van der Waals surface area contributed by atoms with Gasteiger partial charge in [0.15, 0.2) is 0 Å². The van der Waals surface area contributed by atoms with E-state index in [2.05, 4.69) is 22.1 Å². The second-order valence-corrected chi connectivity index (χ2v) is 7.03. The Kier molecular flexibility index (Phi) is 5.25. The summed E-state index contributed by atoms with van der Waals surface area (Å²) in [6, 6.07) is 12.0. The van der Waals surface area contributed by atoms with Crippen LogP contribution in [0, 0.1) is 0 Å². The number of hydrogen-bond acceptors (Lipinski definition) is 4. The maximum atomic E-state index is 12.7. The van der Waals surface area contributed by atoms with Gasteiger partial charge in [-0.1, -0.05) is 19.1 Å². The normalized spacial score (nSPS) is 16.0. The number of amides is 1. The Morgan fingerprint density at radius 2 is 2.04 bits per heavy atom. The number of fused-ring (bicyclic) bond motifs is 1. The summed E-state index contributed by atoms with van der Waals surface area (Å²) < 4.78 is 7.65. The van der Waals surface area contributed by atoms with Gasteiger partial charge in [-0.05, 0) is 50.2 Å². The Balaban J connectivity index is 1.46. The van der Waals surface area contributed by atoms with Gasteiger partial charge in [0, 0.05) is 13.0 Å². The maximum Gasteiger partial charge on any atom is 0.240 e. The summed E-state index contributed by atoms with van der Waals surface area (Å²) in [6.45, 7) is 5.01. The third-order valence-corrected chi connectivity index (χ3v) is 5.30. The number of benzene rings is 1. The molecular weight excluding hydrogens is 340 g/mol. The molecule has 0 bridgehead atoms. The summed E-state index contributed by atoms with van der Waals surface area (Å²) in [5, 5.41) is 3.11. The number of carbonyl (C=O) groups is 1. The second kappa shape index (κ2) is 7.96. The summed E-state index contributed by atoms with van der Waals surface area (Å²) in [4.78, 5) is 19.7. The van der Waals surface area contributed by atoms with Crippen molar-refractivity contribution in [2.45, 2.75) is 38.8 Å². The number of carbonyl (C=O) groups excluding carboxylic acids is 1. The fourth-order valence-corrected chi connectivity index (χ4v) is 3.93. The number of aromatic nitrogens is 2. The molecule has 1 aliphatic heterocycles. The zero-order valence-electron chi connectivity index (χ0n) is 15.7. The van der Waals surface area contributed by atoms with Gasteiger partial charge in [-0.25, -0.2) is 4.98 Å². The molecule has 1 aromatic carbocycles. The van der Waals surface area contributed by atoms with Crippen molar-refractivity contribution in [1.82, 2.24) is 19.8 Å². The number of hydrogen-bond donors (Lipinski definition) is 1. The van der Waals surface area contributed by atoms with Gasteiger partial charge in [0.1, 0.15) is 18.1 Å². The van der Waals surface area contributed by atoms with E-state index in [1.54, 1.807) is 6.26 Å². The third-order valence-electron chi connectivity index (χ3n) is 5.30. The van der Waals surface area contributed by atoms with Gasteiger partial charge >= 0.3 is 0 Å². The summed E-state index contributed by atoms with van der Waals surface area (Å²) in [6.07, 6.45) is 4.90. The maximum absolute atomic E-state index is 12.7. The van der Waals surface area contributed by atoms with Crippen LogP contribution in [0.5, 0.6) is 0 Å². The number of para-hydroxylation sites is 2. The smallest absolute Gasteiger partial charge is 0.240 e. The minimum atomic E-state index is 0.00334. The Hall–Kier alpha value is -2.60. The van der Waals surface area contributed by atoms with Crippen LogP contribution in [0.3, 0.4) is 0 Å². The molecule has 6 nitrogen and oxygen atoms in total. The molecule has 0 aliphatic carbocycles. The van der Waals surface area contributed by atoms with Gasteiger partial charge in [0.25, 0.3) is 0 Å². The van der Waals surface area contributed by atoms with Crippen molar-refractivity contribution in [3.63, 3.8) is 0 Å². The standard InChI is InChI=1S/C21H26N4O2/c1-2-20-23-16-8-3-4-9-17(16)25(20)15-21(26)22-14-18(19-10-7-13-27-19)24-11-5-6-12-24/h3-4,7-10,13,18H,2,5-6,11-12,14-15H2,1H3,(H,22,26). The Morgan fingerprint density at radius 3 is 2.78 bits per heavy atom. The van der Waals surface area contributed by atoms with E-state index in [0.717, 1.165) is 42.1 Å². The van der Waals surface area contributed by atoms with Gasteiger partial charge in [0.05, 0.1) is 23.3 Å². The molecule has 0 saturated carbocycles. The summed E-state index contributed by atoms with van der Waals surface area (Å²) in [7, 11) is 0. The number of likely N-dealkylation sites (tertiary alicyclic amines) is 1. The molecule has 1 amide bonds. The zero-order chi connectivity index (χ0) is 18.6. The number of imidazole rings is 1. The molecule has 27 heavy (non-hydrogen) atoms. The molecule has 1 aliphatic rings. The van der Waals surface area contributed by atoms with Crippen LogP contribution in [-0.2, 0) is 17.8 Å².